The first-order chi connectivity index (χ1) is 9.89. The van der Waals surface area contributed by atoms with Gasteiger partial charge in [-0.05, 0) is 36.8 Å². The van der Waals surface area contributed by atoms with Crippen molar-refractivity contribution < 1.29 is 13.3 Å². The van der Waals surface area contributed by atoms with E-state index in [0.717, 1.165) is 25.3 Å². The molecule has 1 saturated heterocycles. The number of nitro benzene ring substituents is 1. The zero-order chi connectivity index (χ0) is 15.2. The number of hydrogen-bond acceptors (Lipinski definition) is 5. The average molecular weight is 311 g/mol. The zero-order valence-electron chi connectivity index (χ0n) is 11.4. The highest BCUT2D eigenvalue weighted by atomic mass is 32.2. The minimum Gasteiger partial charge on any atom is -0.399 e. The fourth-order valence-electron chi connectivity index (χ4n) is 3.42. The van der Waals surface area contributed by atoms with E-state index in [-0.39, 0.29) is 10.6 Å². The Bertz CT molecular complexity index is 677. The molecule has 1 heterocycles. The van der Waals surface area contributed by atoms with Crippen LogP contribution in [-0.2, 0) is 10.0 Å². The molecular formula is C13H17N3O4S. The van der Waals surface area contributed by atoms with Gasteiger partial charge in [0.25, 0.3) is 5.69 Å². The van der Waals surface area contributed by atoms with Crippen LogP contribution in [0.3, 0.4) is 0 Å². The monoisotopic (exact) mass is 311 g/mol. The van der Waals surface area contributed by atoms with Gasteiger partial charge in [0.05, 0.1) is 4.92 Å². The van der Waals surface area contributed by atoms with Crippen LogP contribution in [-0.4, -0.2) is 30.7 Å². The fraction of sp³-hybridized carbons (Fsp3) is 0.538. The second kappa shape index (κ2) is 4.96. The molecule has 2 N–H and O–H groups in total. The van der Waals surface area contributed by atoms with Crippen molar-refractivity contribution in [1.82, 2.24) is 4.31 Å². The van der Waals surface area contributed by atoms with Crippen molar-refractivity contribution in [2.75, 3.05) is 18.8 Å². The molecule has 0 bridgehead atoms. The summed E-state index contributed by atoms with van der Waals surface area (Å²) >= 11 is 0. The van der Waals surface area contributed by atoms with Crippen molar-refractivity contribution >= 4 is 21.4 Å². The van der Waals surface area contributed by atoms with Gasteiger partial charge < -0.3 is 5.73 Å². The predicted molar refractivity (Wildman–Crippen MR) is 77.1 cm³/mol. The van der Waals surface area contributed by atoms with Crippen LogP contribution in [0.25, 0.3) is 0 Å². The zero-order valence-corrected chi connectivity index (χ0v) is 12.3. The number of hydrogen-bond donors (Lipinski definition) is 1. The maximum atomic E-state index is 12.7. The number of fused-ring (bicyclic) bond motifs is 1. The number of anilines is 1. The molecule has 1 saturated carbocycles. The van der Waals surface area contributed by atoms with Crippen molar-refractivity contribution in [3.8, 4) is 0 Å². The molecule has 8 heteroatoms. The molecule has 0 amide bonds. The summed E-state index contributed by atoms with van der Waals surface area (Å²) in [7, 11) is -3.84. The lowest BCUT2D eigenvalue weighted by Gasteiger charge is -2.17. The van der Waals surface area contributed by atoms with Crippen LogP contribution < -0.4 is 5.73 Å². The molecule has 0 aromatic heterocycles. The smallest absolute Gasteiger partial charge is 0.291 e. The van der Waals surface area contributed by atoms with Gasteiger partial charge in [-0.3, -0.25) is 10.1 Å². The Balaban J connectivity index is 1.98. The summed E-state index contributed by atoms with van der Waals surface area (Å²) in [5, 5.41) is 11.1. The van der Waals surface area contributed by atoms with Gasteiger partial charge in [0, 0.05) is 24.8 Å². The molecule has 2 aliphatic rings. The lowest BCUT2D eigenvalue weighted by atomic mass is 10.0. The number of rotatable bonds is 3. The molecule has 114 valence electrons. The number of nitrogens with zero attached hydrogens (tertiary/aromatic N) is 2. The van der Waals surface area contributed by atoms with Crippen LogP contribution in [0, 0.1) is 22.0 Å². The molecule has 7 nitrogen and oxygen atoms in total. The third-order valence-corrected chi connectivity index (χ3v) is 6.37. The van der Waals surface area contributed by atoms with E-state index in [2.05, 4.69) is 0 Å². The Morgan fingerprint density at radius 1 is 1.24 bits per heavy atom. The molecule has 2 unspecified atom stereocenters. The van der Waals surface area contributed by atoms with E-state index < -0.39 is 20.6 Å². The van der Waals surface area contributed by atoms with Gasteiger partial charge in [-0.15, -0.1) is 0 Å². The number of sulfonamides is 1. The molecule has 1 aromatic carbocycles. The van der Waals surface area contributed by atoms with Gasteiger partial charge in [0.1, 0.15) is 0 Å². The van der Waals surface area contributed by atoms with E-state index in [9.17, 15) is 18.5 Å². The SMILES string of the molecule is Nc1ccc(S(=O)(=O)N2CC3CCCC3C2)c([N+](=O)[O-])c1. The molecule has 0 spiro atoms. The number of nitrogen functional groups attached to an aromatic ring is 1. The number of benzene rings is 1. The first-order valence-electron chi connectivity index (χ1n) is 6.93. The molecule has 1 aromatic rings. The molecule has 1 aliphatic carbocycles. The summed E-state index contributed by atoms with van der Waals surface area (Å²) in [5.41, 5.74) is 5.25. The molecule has 0 radical (unpaired) electrons. The summed E-state index contributed by atoms with van der Waals surface area (Å²) in [6.45, 7) is 0.934. The van der Waals surface area contributed by atoms with Crippen molar-refractivity contribution in [3.63, 3.8) is 0 Å². The van der Waals surface area contributed by atoms with Gasteiger partial charge in [0.15, 0.2) is 4.90 Å². The normalized spacial score (nSPS) is 25.9. The van der Waals surface area contributed by atoms with E-state index in [0.29, 0.717) is 24.9 Å². The standard InChI is InChI=1S/C13H17N3O4S/c14-11-4-5-13(12(6-11)16(17)18)21(19,20)15-7-9-2-1-3-10(9)8-15/h4-6,9-10H,1-3,7-8,14H2. The van der Waals surface area contributed by atoms with E-state index in [1.807, 2.05) is 0 Å². The van der Waals surface area contributed by atoms with Gasteiger partial charge >= 0.3 is 0 Å². The van der Waals surface area contributed by atoms with Gasteiger partial charge in [0.2, 0.25) is 10.0 Å². The molecular weight excluding hydrogens is 294 g/mol. The third kappa shape index (κ3) is 2.38. The summed E-state index contributed by atoms with van der Waals surface area (Å²) in [6.07, 6.45) is 3.23. The Labute approximate surface area is 122 Å². The topological polar surface area (TPSA) is 107 Å². The first-order valence-corrected chi connectivity index (χ1v) is 8.37. The minimum absolute atomic E-state index is 0.180. The second-order valence-electron chi connectivity index (χ2n) is 5.76. The van der Waals surface area contributed by atoms with Crippen molar-refractivity contribution in [3.05, 3.63) is 28.3 Å². The van der Waals surface area contributed by atoms with E-state index in [1.54, 1.807) is 0 Å². The predicted octanol–water partition coefficient (Wildman–Crippen LogP) is 1.60. The van der Waals surface area contributed by atoms with Gasteiger partial charge in [-0.25, -0.2) is 8.42 Å². The lowest BCUT2D eigenvalue weighted by Crippen LogP contribution is -2.30. The summed E-state index contributed by atoms with van der Waals surface area (Å²) in [5.74, 6) is 0.792. The quantitative estimate of drug-likeness (QED) is 0.518. The Morgan fingerprint density at radius 3 is 2.43 bits per heavy atom. The number of nitrogens with two attached hydrogens (primary N) is 1. The highest BCUT2D eigenvalue weighted by Crippen LogP contribution is 2.40. The van der Waals surface area contributed by atoms with Crippen LogP contribution in [0.1, 0.15) is 19.3 Å². The lowest BCUT2D eigenvalue weighted by molar-refractivity contribution is -0.387. The largest absolute Gasteiger partial charge is 0.399 e. The van der Waals surface area contributed by atoms with Crippen LogP contribution in [0.2, 0.25) is 0 Å². The number of nitro groups is 1. The maximum Gasteiger partial charge on any atom is 0.291 e. The first kappa shape index (κ1) is 14.3. The minimum atomic E-state index is -3.84. The van der Waals surface area contributed by atoms with Crippen molar-refractivity contribution in [2.24, 2.45) is 11.8 Å². The molecule has 2 fully saturated rings. The van der Waals surface area contributed by atoms with Crippen LogP contribution in [0.4, 0.5) is 11.4 Å². The second-order valence-corrected chi connectivity index (χ2v) is 7.66. The third-order valence-electron chi connectivity index (χ3n) is 4.49. The fourth-order valence-corrected chi connectivity index (χ4v) is 5.11. The Hall–Kier alpha value is -1.67. The summed E-state index contributed by atoms with van der Waals surface area (Å²) in [6, 6.07) is 3.72. The highest BCUT2D eigenvalue weighted by molar-refractivity contribution is 7.89. The van der Waals surface area contributed by atoms with E-state index in [1.165, 1.54) is 16.4 Å². The van der Waals surface area contributed by atoms with E-state index in [4.69, 9.17) is 5.73 Å². The van der Waals surface area contributed by atoms with E-state index >= 15 is 0 Å². The van der Waals surface area contributed by atoms with Crippen molar-refractivity contribution in [2.45, 2.75) is 24.2 Å². The summed E-state index contributed by atoms with van der Waals surface area (Å²) < 4.78 is 26.8. The highest BCUT2D eigenvalue weighted by Gasteiger charge is 2.43. The maximum absolute atomic E-state index is 12.7. The summed E-state index contributed by atoms with van der Waals surface area (Å²) in [4.78, 5) is 10.1. The van der Waals surface area contributed by atoms with Gasteiger partial charge in [-0.2, -0.15) is 4.31 Å². The van der Waals surface area contributed by atoms with Crippen LogP contribution in [0.5, 0.6) is 0 Å². The van der Waals surface area contributed by atoms with Crippen molar-refractivity contribution in [1.29, 1.82) is 0 Å². The van der Waals surface area contributed by atoms with Crippen LogP contribution in [0.15, 0.2) is 23.1 Å². The van der Waals surface area contributed by atoms with Gasteiger partial charge in [-0.1, -0.05) is 6.42 Å². The average Bonchev–Trinajstić information content (AvgIpc) is 2.98. The Kier molecular flexibility index (Phi) is 3.37. The molecule has 2 atom stereocenters. The van der Waals surface area contributed by atoms with Crippen LogP contribution >= 0.6 is 0 Å². The molecule has 1 aliphatic heterocycles. The Morgan fingerprint density at radius 2 is 1.86 bits per heavy atom. The molecule has 3 rings (SSSR count). The molecule has 21 heavy (non-hydrogen) atoms.